The van der Waals surface area contributed by atoms with Gasteiger partial charge in [-0.1, -0.05) is 12.1 Å². The summed E-state index contributed by atoms with van der Waals surface area (Å²) in [4.78, 5) is 0. The predicted octanol–water partition coefficient (Wildman–Crippen LogP) is 1.91. The van der Waals surface area contributed by atoms with E-state index in [0.29, 0.717) is 0 Å². The van der Waals surface area contributed by atoms with Crippen molar-refractivity contribution in [2.24, 2.45) is 0 Å². The van der Waals surface area contributed by atoms with E-state index in [4.69, 9.17) is 4.43 Å². The highest BCUT2D eigenvalue weighted by molar-refractivity contribution is 9.10. The van der Waals surface area contributed by atoms with Crippen LogP contribution in [-0.4, -0.2) is 10.5 Å². The third-order valence-electron chi connectivity index (χ3n) is 0.947. The van der Waals surface area contributed by atoms with E-state index >= 15 is 0 Å². The van der Waals surface area contributed by atoms with Crippen molar-refractivity contribution in [1.82, 2.24) is 0 Å². The third-order valence-corrected chi connectivity index (χ3v) is 1.82. The molecule has 0 heterocycles. The number of hydrogen-bond acceptors (Lipinski definition) is 1. The number of hydrogen-bond donors (Lipinski definition) is 0. The molecule has 0 aliphatic rings. The fraction of sp³-hybridized carbons (Fsp3) is 0. The van der Waals surface area contributed by atoms with Crippen molar-refractivity contribution in [1.29, 1.82) is 0 Å². The van der Waals surface area contributed by atoms with Crippen molar-refractivity contribution in [2.75, 3.05) is 0 Å². The molecular weight excluding hydrogens is 196 g/mol. The van der Waals surface area contributed by atoms with Gasteiger partial charge in [0.2, 0.25) is 0 Å². The normalized spacial score (nSPS) is 9.11. The average molecular weight is 200 g/mol. The van der Waals surface area contributed by atoms with Gasteiger partial charge in [0.05, 0.1) is 4.47 Å². The second kappa shape index (κ2) is 3.03. The smallest absolute Gasteiger partial charge is 0.341 e. The Bertz CT molecular complexity index is 202. The van der Waals surface area contributed by atoms with Gasteiger partial charge in [0.1, 0.15) is 5.75 Å². The Labute approximate surface area is 65.7 Å². The van der Waals surface area contributed by atoms with Crippen molar-refractivity contribution in [3.05, 3.63) is 28.7 Å². The molecule has 0 aliphatic heterocycles. The Hall–Kier alpha value is -0.283. The molecule has 0 unspecified atom stereocenters. The van der Waals surface area contributed by atoms with E-state index in [0.717, 1.165) is 10.2 Å². The summed E-state index contributed by atoms with van der Waals surface area (Å²) in [5.74, 6) is 0.786. The molecule has 1 nitrogen and oxygen atoms in total. The van der Waals surface area contributed by atoms with Crippen LogP contribution in [0.15, 0.2) is 28.7 Å². The predicted molar refractivity (Wildman–Crippen MR) is 40.5 cm³/mol. The van der Waals surface area contributed by atoms with Crippen LogP contribution in [-0.2, 0) is 0 Å². The Morgan fingerprint density at radius 2 is 2.00 bits per heavy atom. The van der Waals surface area contributed by atoms with Crippen LogP contribution in [0.1, 0.15) is 0 Å². The highest BCUT2D eigenvalue weighted by atomic mass is 79.9. The zero-order chi connectivity index (χ0) is 6.69. The summed E-state index contributed by atoms with van der Waals surface area (Å²) in [5, 5.41) is 0. The maximum absolute atomic E-state index is 4.80. The quantitative estimate of drug-likeness (QED) is 0.629. The largest absolute Gasteiger partial charge is 0.540 e. The SMILES string of the molecule is [Si]Oc1ccccc1Br. The summed E-state index contributed by atoms with van der Waals surface area (Å²) in [5.41, 5.74) is 0. The maximum atomic E-state index is 4.80. The van der Waals surface area contributed by atoms with Gasteiger partial charge in [-0.3, -0.25) is 0 Å². The standard InChI is InChI=1S/C6H4BrOSi/c7-5-3-1-2-4-6(5)8-9/h1-4H. The lowest BCUT2D eigenvalue weighted by Crippen LogP contribution is -1.84. The zero-order valence-electron chi connectivity index (χ0n) is 4.60. The lowest BCUT2D eigenvalue weighted by molar-refractivity contribution is 0.612. The average Bonchev–Trinajstić information content (AvgIpc) is 1.89. The van der Waals surface area contributed by atoms with Crippen LogP contribution >= 0.6 is 15.9 Å². The Morgan fingerprint density at radius 1 is 1.33 bits per heavy atom. The number of para-hydroxylation sites is 1. The monoisotopic (exact) mass is 199 g/mol. The topological polar surface area (TPSA) is 9.23 Å². The summed E-state index contributed by atoms with van der Waals surface area (Å²) in [6.07, 6.45) is 0. The van der Waals surface area contributed by atoms with Crippen molar-refractivity contribution in [3.63, 3.8) is 0 Å². The van der Waals surface area contributed by atoms with Gasteiger partial charge in [0.25, 0.3) is 0 Å². The molecule has 0 aromatic heterocycles. The molecule has 0 atom stereocenters. The maximum Gasteiger partial charge on any atom is 0.341 e. The second-order valence-electron chi connectivity index (χ2n) is 1.53. The first-order valence-corrected chi connectivity index (χ1v) is 3.63. The molecule has 3 radical (unpaired) electrons. The van der Waals surface area contributed by atoms with E-state index in [1.165, 1.54) is 0 Å². The van der Waals surface area contributed by atoms with E-state index in [1.807, 2.05) is 24.3 Å². The third kappa shape index (κ3) is 1.56. The minimum absolute atomic E-state index is 0.786. The molecule has 45 valence electrons. The van der Waals surface area contributed by atoms with Crippen molar-refractivity contribution >= 4 is 26.4 Å². The van der Waals surface area contributed by atoms with Gasteiger partial charge in [0.15, 0.2) is 0 Å². The lowest BCUT2D eigenvalue weighted by Gasteiger charge is -1.99. The molecule has 9 heavy (non-hydrogen) atoms. The molecule has 0 aliphatic carbocycles. The van der Waals surface area contributed by atoms with Crippen LogP contribution in [0.4, 0.5) is 0 Å². The Kier molecular flexibility index (Phi) is 2.30. The molecule has 0 fully saturated rings. The molecule has 1 rings (SSSR count). The van der Waals surface area contributed by atoms with E-state index in [2.05, 4.69) is 26.4 Å². The number of halogens is 1. The minimum Gasteiger partial charge on any atom is -0.540 e. The lowest BCUT2D eigenvalue weighted by atomic mass is 10.3. The molecule has 0 amide bonds. The van der Waals surface area contributed by atoms with Gasteiger partial charge in [-0.15, -0.1) is 0 Å². The van der Waals surface area contributed by atoms with Crippen LogP contribution in [0.5, 0.6) is 5.75 Å². The molecule has 0 saturated carbocycles. The van der Waals surface area contributed by atoms with Gasteiger partial charge in [-0.05, 0) is 28.1 Å². The fourth-order valence-electron chi connectivity index (χ4n) is 0.528. The van der Waals surface area contributed by atoms with Gasteiger partial charge in [0, 0.05) is 0 Å². The highest BCUT2D eigenvalue weighted by Crippen LogP contribution is 2.22. The van der Waals surface area contributed by atoms with Crippen molar-refractivity contribution in [3.8, 4) is 5.75 Å². The van der Waals surface area contributed by atoms with Gasteiger partial charge >= 0.3 is 10.5 Å². The molecule has 3 heteroatoms. The minimum atomic E-state index is 0.786. The fourth-order valence-corrected chi connectivity index (χ4v) is 1.22. The molecule has 1 aromatic carbocycles. The van der Waals surface area contributed by atoms with Crippen LogP contribution in [0.25, 0.3) is 0 Å². The van der Waals surface area contributed by atoms with Crippen molar-refractivity contribution < 1.29 is 4.43 Å². The van der Waals surface area contributed by atoms with E-state index in [9.17, 15) is 0 Å². The van der Waals surface area contributed by atoms with Gasteiger partial charge in [-0.25, -0.2) is 0 Å². The molecular formula is C6H4BrOSi. The first-order chi connectivity index (χ1) is 4.34. The molecule has 0 saturated heterocycles. The van der Waals surface area contributed by atoms with Crippen molar-refractivity contribution in [2.45, 2.75) is 0 Å². The summed E-state index contributed by atoms with van der Waals surface area (Å²) < 4.78 is 5.75. The summed E-state index contributed by atoms with van der Waals surface area (Å²) in [6.45, 7) is 0. The Balaban J connectivity index is 3.01. The van der Waals surface area contributed by atoms with Crippen LogP contribution in [0.3, 0.4) is 0 Å². The van der Waals surface area contributed by atoms with Crippen LogP contribution in [0.2, 0.25) is 0 Å². The summed E-state index contributed by atoms with van der Waals surface area (Å²) in [6, 6.07) is 7.60. The highest BCUT2D eigenvalue weighted by Gasteiger charge is 1.92. The zero-order valence-corrected chi connectivity index (χ0v) is 7.18. The number of benzene rings is 1. The van der Waals surface area contributed by atoms with Gasteiger partial charge < -0.3 is 4.43 Å². The Morgan fingerprint density at radius 3 is 2.44 bits per heavy atom. The van der Waals surface area contributed by atoms with Crippen LogP contribution in [0, 0.1) is 0 Å². The first kappa shape index (κ1) is 6.83. The van der Waals surface area contributed by atoms with Crippen LogP contribution < -0.4 is 4.43 Å². The first-order valence-electron chi connectivity index (χ1n) is 2.42. The summed E-state index contributed by atoms with van der Waals surface area (Å²) in [7, 11) is 2.92. The van der Waals surface area contributed by atoms with E-state index in [-0.39, 0.29) is 0 Å². The van der Waals surface area contributed by atoms with E-state index < -0.39 is 0 Å². The molecule has 0 bridgehead atoms. The second-order valence-corrected chi connectivity index (χ2v) is 2.59. The summed E-state index contributed by atoms with van der Waals surface area (Å²) >= 11 is 3.30. The molecule has 0 N–H and O–H groups in total. The van der Waals surface area contributed by atoms with E-state index in [1.54, 1.807) is 0 Å². The van der Waals surface area contributed by atoms with Gasteiger partial charge in [-0.2, -0.15) is 0 Å². The molecule has 0 spiro atoms. The number of rotatable bonds is 1. The molecule has 1 aromatic rings.